The van der Waals surface area contributed by atoms with Crippen LogP contribution in [0.3, 0.4) is 0 Å². The number of carbonyl (C=O) groups is 2. The van der Waals surface area contributed by atoms with Crippen LogP contribution in [0.2, 0.25) is 0 Å². The van der Waals surface area contributed by atoms with Crippen LogP contribution in [-0.4, -0.2) is 52.3 Å². The normalized spacial score (nSPS) is 15.4. The van der Waals surface area contributed by atoms with E-state index in [1.807, 2.05) is 0 Å². The van der Waals surface area contributed by atoms with Crippen LogP contribution in [0.25, 0.3) is 0 Å². The summed E-state index contributed by atoms with van der Waals surface area (Å²) in [7, 11) is 1.22. The van der Waals surface area contributed by atoms with Gasteiger partial charge in [0.1, 0.15) is 17.5 Å². The molecule has 0 aliphatic carbocycles. The average molecular weight is 529 g/mol. The van der Waals surface area contributed by atoms with Crippen LogP contribution >= 0.6 is 0 Å². The van der Waals surface area contributed by atoms with Crippen LogP contribution in [0.15, 0.2) is 66.2 Å². The molecule has 0 bridgehead atoms. The smallest absolute Gasteiger partial charge is 0.493 e. The number of cyclic esters (lactones) is 1. The van der Waals surface area contributed by atoms with Crippen molar-refractivity contribution in [3.05, 3.63) is 77.9 Å². The van der Waals surface area contributed by atoms with Gasteiger partial charge in [-0.05, 0) is 42.3 Å². The topological polar surface area (TPSA) is 115 Å². The zero-order valence-corrected chi connectivity index (χ0v) is 20.2. The van der Waals surface area contributed by atoms with Gasteiger partial charge in [0.25, 0.3) is 5.91 Å². The highest BCUT2D eigenvalue weighted by atomic mass is 19.4. The molecule has 13 heteroatoms. The lowest BCUT2D eigenvalue weighted by molar-refractivity contribution is -0.275. The molecule has 198 valence electrons. The third kappa shape index (κ3) is 6.35. The van der Waals surface area contributed by atoms with Crippen molar-refractivity contribution in [1.29, 1.82) is 0 Å². The van der Waals surface area contributed by atoms with Crippen molar-refractivity contribution < 1.29 is 37.0 Å². The maximum Gasteiger partial charge on any atom is 0.573 e. The Labute approximate surface area is 215 Å². The van der Waals surface area contributed by atoms with E-state index in [1.165, 1.54) is 37.8 Å². The van der Waals surface area contributed by atoms with Gasteiger partial charge in [-0.3, -0.25) is 9.78 Å². The van der Waals surface area contributed by atoms with E-state index >= 15 is 0 Å². The Morgan fingerprint density at radius 3 is 2.53 bits per heavy atom. The van der Waals surface area contributed by atoms with Gasteiger partial charge in [-0.1, -0.05) is 19.1 Å². The predicted molar refractivity (Wildman–Crippen MR) is 129 cm³/mol. The Kier molecular flexibility index (Phi) is 7.74. The lowest BCUT2D eigenvalue weighted by atomic mass is 10.0. The van der Waals surface area contributed by atoms with Gasteiger partial charge in [-0.2, -0.15) is 10.1 Å². The zero-order chi connectivity index (χ0) is 27.3. The van der Waals surface area contributed by atoms with E-state index in [-0.39, 0.29) is 18.0 Å². The minimum Gasteiger partial charge on any atom is -0.493 e. The molecule has 1 aliphatic rings. The number of aromatic nitrogens is 2. The summed E-state index contributed by atoms with van der Waals surface area (Å²) in [6.45, 7) is 1.83. The number of alkyl halides is 3. The van der Waals surface area contributed by atoms with E-state index in [9.17, 15) is 22.8 Å². The van der Waals surface area contributed by atoms with Crippen molar-refractivity contribution in [1.82, 2.24) is 15.0 Å². The summed E-state index contributed by atoms with van der Waals surface area (Å²) < 4.78 is 52.7. The molecule has 0 saturated heterocycles. The first-order chi connectivity index (χ1) is 18.2. The van der Waals surface area contributed by atoms with E-state index in [0.29, 0.717) is 28.9 Å². The fourth-order valence-corrected chi connectivity index (χ4v) is 3.61. The fraction of sp³-hybridized carbons (Fsp3) is 0.240. The van der Waals surface area contributed by atoms with Gasteiger partial charge in [0.15, 0.2) is 11.5 Å². The molecule has 3 aromatic rings. The van der Waals surface area contributed by atoms with Crippen LogP contribution in [0.5, 0.6) is 11.5 Å². The summed E-state index contributed by atoms with van der Waals surface area (Å²) in [5.74, 6) is -1.08. The summed E-state index contributed by atoms with van der Waals surface area (Å²) in [5, 5.41) is 8.26. The number of hydrazone groups is 1. The molecule has 2 heterocycles. The summed E-state index contributed by atoms with van der Waals surface area (Å²) in [4.78, 5) is 32.7. The number of hydrogen-bond donors (Lipinski definition) is 1. The second-order valence-electron chi connectivity index (χ2n) is 7.98. The molecular formula is C25H22F3N5O5. The molecule has 1 N–H and O–H groups in total. The lowest BCUT2D eigenvalue weighted by Gasteiger charge is -2.29. The maximum atomic E-state index is 12.7. The molecule has 10 nitrogen and oxygen atoms in total. The molecular weight excluding hydrogens is 507 g/mol. The number of anilines is 1. The van der Waals surface area contributed by atoms with Gasteiger partial charge in [0, 0.05) is 23.6 Å². The summed E-state index contributed by atoms with van der Waals surface area (Å²) in [6.07, 6.45) is -1.67. The molecule has 0 radical (unpaired) electrons. The van der Waals surface area contributed by atoms with E-state index in [1.54, 1.807) is 31.2 Å². The number of benzene rings is 2. The summed E-state index contributed by atoms with van der Waals surface area (Å²) >= 11 is 0. The fourth-order valence-electron chi connectivity index (χ4n) is 3.61. The highest BCUT2D eigenvalue weighted by molar-refractivity contribution is 6.06. The lowest BCUT2D eigenvalue weighted by Crippen LogP contribution is -2.41. The molecule has 4 rings (SSSR count). The monoisotopic (exact) mass is 529 g/mol. The van der Waals surface area contributed by atoms with Gasteiger partial charge in [-0.25, -0.2) is 9.78 Å². The van der Waals surface area contributed by atoms with Gasteiger partial charge in [0.2, 0.25) is 0 Å². The Balaban J connectivity index is 1.53. The second-order valence-corrected chi connectivity index (χ2v) is 7.98. The number of rotatable bonds is 8. The first-order valence-electron chi connectivity index (χ1n) is 11.3. The molecule has 1 atom stereocenters. The number of carbonyl (C=O) groups excluding carboxylic acids is 2. The number of ether oxygens (including phenoxy) is 3. The van der Waals surface area contributed by atoms with Crippen LogP contribution in [0.1, 0.15) is 35.0 Å². The highest BCUT2D eigenvalue weighted by Crippen LogP contribution is 2.34. The Morgan fingerprint density at radius 2 is 1.89 bits per heavy atom. The first kappa shape index (κ1) is 26.4. The Bertz CT molecular complexity index is 1330. The molecule has 2 aromatic carbocycles. The van der Waals surface area contributed by atoms with E-state index in [0.717, 1.165) is 11.1 Å². The summed E-state index contributed by atoms with van der Waals surface area (Å²) in [6, 6.07) is 10.6. The van der Waals surface area contributed by atoms with Crippen molar-refractivity contribution in [2.24, 2.45) is 5.10 Å². The largest absolute Gasteiger partial charge is 0.573 e. The van der Waals surface area contributed by atoms with Gasteiger partial charge in [0.05, 0.1) is 19.9 Å². The highest BCUT2D eigenvalue weighted by Gasteiger charge is 2.34. The average Bonchev–Trinajstić information content (AvgIpc) is 2.90. The molecule has 0 fully saturated rings. The molecule has 1 unspecified atom stereocenters. The predicted octanol–water partition coefficient (Wildman–Crippen LogP) is 4.77. The van der Waals surface area contributed by atoms with Crippen molar-refractivity contribution >= 4 is 23.4 Å². The molecule has 1 aromatic heterocycles. The molecule has 1 aliphatic heterocycles. The molecule has 0 saturated carbocycles. The van der Waals surface area contributed by atoms with Crippen LogP contribution in [0.4, 0.5) is 23.7 Å². The van der Waals surface area contributed by atoms with Gasteiger partial charge < -0.3 is 19.5 Å². The third-order valence-electron chi connectivity index (χ3n) is 5.38. The van der Waals surface area contributed by atoms with Gasteiger partial charge in [-0.15, -0.1) is 13.2 Å². The summed E-state index contributed by atoms with van der Waals surface area (Å²) in [5.41, 5.74) is 2.10. The van der Waals surface area contributed by atoms with Crippen LogP contribution in [-0.2, 0) is 11.3 Å². The van der Waals surface area contributed by atoms with Crippen LogP contribution < -0.4 is 14.8 Å². The number of nitrogens with one attached hydrogen (secondary N) is 1. The number of amides is 2. The van der Waals surface area contributed by atoms with E-state index in [4.69, 9.17) is 9.47 Å². The Hall–Kier alpha value is -4.68. The minimum absolute atomic E-state index is 0.0452. The SMILES string of the molecule is CCC1OC(=O)N(Cc2ccc(NC(=O)c3cnccn3)cc2)N=C1c1ccc(OC(F)(F)F)c(OC)c1. The van der Waals surface area contributed by atoms with Crippen molar-refractivity contribution in [2.75, 3.05) is 12.4 Å². The molecule has 0 spiro atoms. The number of hydrogen-bond acceptors (Lipinski definition) is 8. The molecule has 2 amide bonds. The van der Waals surface area contributed by atoms with Crippen molar-refractivity contribution in [3.63, 3.8) is 0 Å². The van der Waals surface area contributed by atoms with Crippen molar-refractivity contribution in [2.45, 2.75) is 32.4 Å². The Morgan fingerprint density at radius 1 is 1.13 bits per heavy atom. The maximum absolute atomic E-state index is 12.7. The van der Waals surface area contributed by atoms with E-state index in [2.05, 4.69) is 25.1 Å². The quantitative estimate of drug-likeness (QED) is 0.447. The standard InChI is InChI=1S/C25H22F3N5O5/c1-3-19-22(16-6-9-20(21(12-16)36-2)38-25(26,27)28)32-33(24(35)37-19)14-15-4-7-17(8-5-15)31-23(34)18-13-29-10-11-30-18/h4-13,19H,3,14H2,1-2H3,(H,31,34). The third-order valence-corrected chi connectivity index (χ3v) is 5.38. The molecule has 38 heavy (non-hydrogen) atoms. The number of nitrogens with zero attached hydrogens (tertiary/aromatic N) is 4. The van der Waals surface area contributed by atoms with Gasteiger partial charge >= 0.3 is 12.5 Å². The number of methoxy groups -OCH3 is 1. The number of halogens is 3. The zero-order valence-electron chi connectivity index (χ0n) is 20.2. The van der Waals surface area contributed by atoms with E-state index < -0.39 is 30.2 Å². The minimum atomic E-state index is -4.89. The van der Waals surface area contributed by atoms with Crippen LogP contribution in [0, 0.1) is 0 Å². The second kappa shape index (κ2) is 11.2. The first-order valence-corrected chi connectivity index (χ1v) is 11.3. The van der Waals surface area contributed by atoms with Crippen molar-refractivity contribution in [3.8, 4) is 11.5 Å².